The van der Waals surface area contributed by atoms with Gasteiger partial charge in [-0.3, -0.25) is 14.9 Å². The van der Waals surface area contributed by atoms with E-state index in [0.29, 0.717) is 6.54 Å². The number of nitro groups is 1. The van der Waals surface area contributed by atoms with E-state index >= 15 is 0 Å². The van der Waals surface area contributed by atoms with Gasteiger partial charge in [0.2, 0.25) is 15.9 Å². The number of nitrogens with two attached hydrogens (primary N) is 1. The van der Waals surface area contributed by atoms with Crippen molar-refractivity contribution in [3.05, 3.63) is 34.4 Å². The molecule has 0 radical (unpaired) electrons. The van der Waals surface area contributed by atoms with E-state index in [1.165, 1.54) is 25.2 Å². The van der Waals surface area contributed by atoms with Gasteiger partial charge in [-0.1, -0.05) is 6.07 Å². The van der Waals surface area contributed by atoms with Crippen LogP contribution in [0.2, 0.25) is 0 Å². The molecule has 2 N–H and O–H groups in total. The first-order valence-electron chi connectivity index (χ1n) is 8.40. The molecule has 9 nitrogen and oxygen atoms in total. The van der Waals surface area contributed by atoms with E-state index in [2.05, 4.69) is 0 Å². The van der Waals surface area contributed by atoms with E-state index in [4.69, 9.17) is 5.73 Å². The van der Waals surface area contributed by atoms with Crippen LogP contribution < -0.4 is 5.73 Å². The molecule has 0 spiro atoms. The number of nitrogens with zero attached hydrogens (tertiary/aromatic N) is 3. The number of carbonyl (C=O) groups excluding carboxylic acids is 1. The fourth-order valence-electron chi connectivity index (χ4n) is 3.12. The molecule has 144 valence electrons. The first kappa shape index (κ1) is 20.3. The fourth-order valence-corrected chi connectivity index (χ4v) is 4.28. The Balaban J connectivity index is 2.17. The lowest BCUT2D eigenvalue weighted by atomic mass is 9.97. The van der Waals surface area contributed by atoms with Gasteiger partial charge in [0, 0.05) is 37.8 Å². The number of hydrogen-bond acceptors (Lipinski definition) is 6. The monoisotopic (exact) mass is 384 g/mol. The SMILES string of the molecule is CC(N)C1CCCCN1C(=O)CN(C)S(=O)(=O)c1cccc([N+](=O)[O-])c1. The van der Waals surface area contributed by atoms with Crippen LogP contribution in [0.25, 0.3) is 0 Å². The molecule has 0 saturated carbocycles. The third-order valence-electron chi connectivity index (χ3n) is 4.57. The van der Waals surface area contributed by atoms with Crippen LogP contribution in [0.15, 0.2) is 29.2 Å². The molecule has 1 fully saturated rings. The maximum atomic E-state index is 12.6. The Morgan fingerprint density at radius 1 is 1.46 bits per heavy atom. The summed E-state index contributed by atoms with van der Waals surface area (Å²) in [6, 6.07) is 4.47. The number of likely N-dealkylation sites (tertiary alicyclic amines) is 1. The van der Waals surface area contributed by atoms with Gasteiger partial charge in [0.15, 0.2) is 0 Å². The highest BCUT2D eigenvalue weighted by molar-refractivity contribution is 7.89. The summed E-state index contributed by atoms with van der Waals surface area (Å²) in [5.74, 6) is -0.316. The molecule has 2 unspecified atom stereocenters. The average Bonchev–Trinajstić information content (AvgIpc) is 2.61. The third-order valence-corrected chi connectivity index (χ3v) is 6.37. The second-order valence-corrected chi connectivity index (χ2v) is 8.57. The summed E-state index contributed by atoms with van der Waals surface area (Å²) in [6.07, 6.45) is 2.64. The van der Waals surface area contributed by atoms with Crippen LogP contribution in [-0.4, -0.2) is 60.7 Å². The zero-order valence-corrected chi connectivity index (χ0v) is 15.7. The van der Waals surface area contributed by atoms with Gasteiger partial charge in [-0.2, -0.15) is 4.31 Å². The van der Waals surface area contributed by atoms with Crippen LogP contribution in [-0.2, 0) is 14.8 Å². The van der Waals surface area contributed by atoms with Gasteiger partial charge in [-0.15, -0.1) is 0 Å². The molecule has 10 heteroatoms. The number of sulfonamides is 1. The topological polar surface area (TPSA) is 127 Å². The lowest BCUT2D eigenvalue weighted by Gasteiger charge is -2.38. The second-order valence-electron chi connectivity index (χ2n) is 6.52. The molecule has 2 atom stereocenters. The van der Waals surface area contributed by atoms with Gasteiger partial charge < -0.3 is 10.6 Å². The number of carbonyl (C=O) groups is 1. The van der Waals surface area contributed by atoms with Crippen LogP contribution in [0.3, 0.4) is 0 Å². The van der Waals surface area contributed by atoms with Gasteiger partial charge in [-0.05, 0) is 32.3 Å². The van der Waals surface area contributed by atoms with Crippen molar-refractivity contribution in [1.82, 2.24) is 9.21 Å². The van der Waals surface area contributed by atoms with Crippen LogP contribution in [0, 0.1) is 10.1 Å². The zero-order chi connectivity index (χ0) is 19.5. The summed E-state index contributed by atoms with van der Waals surface area (Å²) < 4.78 is 26.2. The highest BCUT2D eigenvalue weighted by Crippen LogP contribution is 2.22. The Morgan fingerprint density at radius 2 is 2.15 bits per heavy atom. The van der Waals surface area contributed by atoms with Crippen molar-refractivity contribution >= 4 is 21.6 Å². The van der Waals surface area contributed by atoms with Crippen molar-refractivity contribution in [1.29, 1.82) is 0 Å². The Labute approximate surface area is 153 Å². The number of benzene rings is 1. The standard InChI is InChI=1S/C16H24N4O5S/c1-12(17)15-8-3-4-9-19(15)16(21)11-18(2)26(24,25)14-7-5-6-13(10-14)20(22)23/h5-7,10,12,15H,3-4,8-9,11,17H2,1-2H3. The Morgan fingerprint density at radius 3 is 2.77 bits per heavy atom. The van der Waals surface area contributed by atoms with E-state index in [-0.39, 0.29) is 35.1 Å². The number of piperidine rings is 1. The van der Waals surface area contributed by atoms with Crippen molar-refractivity contribution in [3.8, 4) is 0 Å². The quantitative estimate of drug-likeness (QED) is 0.574. The zero-order valence-electron chi connectivity index (χ0n) is 14.9. The molecule has 1 aliphatic heterocycles. The lowest BCUT2D eigenvalue weighted by Crippen LogP contribution is -2.54. The van der Waals surface area contributed by atoms with Crippen molar-refractivity contribution in [2.24, 2.45) is 5.73 Å². The molecule has 1 aliphatic rings. The lowest BCUT2D eigenvalue weighted by molar-refractivity contribution is -0.385. The number of nitro benzene ring substituents is 1. The third kappa shape index (κ3) is 4.37. The first-order chi connectivity index (χ1) is 12.1. The average molecular weight is 384 g/mol. The predicted molar refractivity (Wildman–Crippen MR) is 95.9 cm³/mol. The van der Waals surface area contributed by atoms with E-state index < -0.39 is 14.9 Å². The van der Waals surface area contributed by atoms with Crippen LogP contribution in [0.4, 0.5) is 5.69 Å². The Kier molecular flexibility index (Phi) is 6.32. The number of likely N-dealkylation sites (N-methyl/N-ethyl adjacent to an activating group) is 1. The van der Waals surface area contributed by atoms with Gasteiger partial charge in [-0.25, -0.2) is 8.42 Å². The van der Waals surface area contributed by atoms with E-state index in [1.54, 1.807) is 4.90 Å². The van der Waals surface area contributed by atoms with Crippen LogP contribution >= 0.6 is 0 Å². The summed E-state index contributed by atoms with van der Waals surface area (Å²) in [5, 5.41) is 10.9. The maximum Gasteiger partial charge on any atom is 0.270 e. The summed E-state index contributed by atoms with van der Waals surface area (Å²) >= 11 is 0. The number of amides is 1. The second kappa shape index (κ2) is 8.11. The minimum absolute atomic E-state index is 0.106. The van der Waals surface area contributed by atoms with Gasteiger partial charge in [0.05, 0.1) is 16.4 Å². The number of non-ortho nitro benzene ring substituents is 1. The highest BCUT2D eigenvalue weighted by Gasteiger charge is 2.32. The molecule has 0 aliphatic carbocycles. The predicted octanol–water partition coefficient (Wildman–Crippen LogP) is 0.944. The van der Waals surface area contributed by atoms with Crippen molar-refractivity contribution < 1.29 is 18.1 Å². The molecule has 1 aromatic rings. The fraction of sp³-hybridized carbons (Fsp3) is 0.562. The van der Waals surface area contributed by atoms with Crippen molar-refractivity contribution in [2.75, 3.05) is 20.1 Å². The van der Waals surface area contributed by atoms with Gasteiger partial charge in [0.25, 0.3) is 5.69 Å². The Bertz CT molecular complexity index is 781. The molecule has 0 aromatic heterocycles. The van der Waals surface area contributed by atoms with Crippen molar-refractivity contribution in [3.63, 3.8) is 0 Å². The van der Waals surface area contributed by atoms with E-state index in [9.17, 15) is 23.3 Å². The normalized spacial score (nSPS) is 19.4. The van der Waals surface area contributed by atoms with Crippen LogP contribution in [0.5, 0.6) is 0 Å². The summed E-state index contributed by atoms with van der Waals surface area (Å²) in [4.78, 5) is 24.3. The first-order valence-corrected chi connectivity index (χ1v) is 9.84. The molecular weight excluding hydrogens is 360 g/mol. The molecule has 1 saturated heterocycles. The van der Waals surface area contributed by atoms with Gasteiger partial charge in [0.1, 0.15) is 0 Å². The van der Waals surface area contributed by atoms with Crippen molar-refractivity contribution in [2.45, 2.75) is 43.2 Å². The van der Waals surface area contributed by atoms with E-state index in [0.717, 1.165) is 29.6 Å². The molecule has 1 aromatic carbocycles. The molecule has 26 heavy (non-hydrogen) atoms. The number of hydrogen-bond donors (Lipinski definition) is 1. The smallest absolute Gasteiger partial charge is 0.270 e. The highest BCUT2D eigenvalue weighted by atomic mass is 32.2. The van der Waals surface area contributed by atoms with Gasteiger partial charge >= 0.3 is 0 Å². The largest absolute Gasteiger partial charge is 0.337 e. The molecule has 0 bridgehead atoms. The molecule has 1 amide bonds. The summed E-state index contributed by atoms with van der Waals surface area (Å²) in [6.45, 7) is 2.05. The number of rotatable bonds is 6. The van der Waals surface area contributed by atoms with E-state index in [1.807, 2.05) is 6.92 Å². The summed E-state index contributed by atoms with van der Waals surface area (Å²) in [5.41, 5.74) is 5.64. The minimum Gasteiger partial charge on any atom is -0.337 e. The molecular formula is C16H24N4O5S. The maximum absolute atomic E-state index is 12.6. The minimum atomic E-state index is -4.02. The van der Waals surface area contributed by atoms with Crippen LogP contribution in [0.1, 0.15) is 26.2 Å². The Hall–Kier alpha value is -2.04. The summed E-state index contributed by atoms with van der Waals surface area (Å²) in [7, 11) is -2.73. The molecule has 1 heterocycles. The molecule has 2 rings (SSSR count).